The van der Waals surface area contributed by atoms with E-state index >= 15 is 0 Å². The van der Waals surface area contributed by atoms with Crippen molar-refractivity contribution in [2.45, 2.75) is 19.1 Å². The lowest BCUT2D eigenvalue weighted by molar-refractivity contribution is -0.137. The van der Waals surface area contributed by atoms with Crippen molar-refractivity contribution in [1.29, 1.82) is 0 Å². The van der Waals surface area contributed by atoms with Gasteiger partial charge in [-0.15, -0.1) is 0 Å². The molecule has 0 radical (unpaired) electrons. The highest BCUT2D eigenvalue weighted by atomic mass is 19.4. The van der Waals surface area contributed by atoms with Gasteiger partial charge in [-0.1, -0.05) is 18.2 Å². The summed E-state index contributed by atoms with van der Waals surface area (Å²) in [5.74, 6) is 1.32. The first kappa shape index (κ1) is 27.4. The average molecular weight is 551 g/mol. The third-order valence-electron chi connectivity index (χ3n) is 6.49. The van der Waals surface area contributed by atoms with E-state index in [4.69, 9.17) is 4.74 Å². The molecule has 3 N–H and O–H groups in total. The number of carbonyl (C=O) groups excluding carboxylic acids is 1. The minimum absolute atomic E-state index is 0.0344. The number of pyridine rings is 1. The molecule has 4 aromatic rings. The number of alkyl halides is 3. The molecule has 1 fully saturated rings. The van der Waals surface area contributed by atoms with E-state index in [1.807, 2.05) is 36.5 Å². The highest BCUT2D eigenvalue weighted by Gasteiger charge is 2.30. The number of benzene rings is 2. The van der Waals surface area contributed by atoms with Crippen molar-refractivity contribution in [3.63, 3.8) is 0 Å². The third kappa shape index (κ3) is 7.25. The Labute approximate surface area is 229 Å². The quantitative estimate of drug-likeness (QED) is 0.281. The van der Waals surface area contributed by atoms with E-state index in [1.165, 1.54) is 12.1 Å². The molecule has 2 aromatic carbocycles. The Morgan fingerprint density at radius 3 is 2.62 bits per heavy atom. The van der Waals surface area contributed by atoms with Crippen LogP contribution in [0.4, 0.5) is 13.2 Å². The van der Waals surface area contributed by atoms with Gasteiger partial charge in [0.2, 0.25) is 0 Å². The summed E-state index contributed by atoms with van der Waals surface area (Å²) in [6.07, 6.45) is -0.526. The number of hydrogen-bond acceptors (Lipinski definition) is 6. The number of imidazole rings is 1. The van der Waals surface area contributed by atoms with Crippen LogP contribution in [-0.4, -0.2) is 58.5 Å². The summed E-state index contributed by atoms with van der Waals surface area (Å²) in [7, 11) is 0. The Balaban J connectivity index is 1.16. The molecule has 5 rings (SSSR count). The van der Waals surface area contributed by atoms with Crippen molar-refractivity contribution in [3.8, 4) is 23.0 Å². The molecule has 0 saturated carbocycles. The summed E-state index contributed by atoms with van der Waals surface area (Å²) in [6.45, 7) is 5.02. The number of amides is 1. The zero-order valence-corrected chi connectivity index (χ0v) is 21.7. The van der Waals surface area contributed by atoms with Crippen LogP contribution < -0.4 is 15.4 Å². The SMILES string of the molecule is O=C(NCCc1cccc(Oc2ccnc(-c3ncc(CN4CCNCC4)[nH]3)c2)c1)c1cccc(C(F)(F)F)c1. The highest BCUT2D eigenvalue weighted by Crippen LogP contribution is 2.29. The maximum absolute atomic E-state index is 12.9. The Morgan fingerprint density at radius 1 is 1.00 bits per heavy atom. The fraction of sp³-hybridized carbons (Fsp3) is 0.276. The predicted molar refractivity (Wildman–Crippen MR) is 144 cm³/mol. The number of rotatable bonds is 9. The van der Waals surface area contributed by atoms with Crippen molar-refractivity contribution in [2.75, 3.05) is 32.7 Å². The first-order chi connectivity index (χ1) is 19.3. The van der Waals surface area contributed by atoms with Gasteiger partial charge in [0.15, 0.2) is 5.82 Å². The third-order valence-corrected chi connectivity index (χ3v) is 6.49. The number of aromatic amines is 1. The Morgan fingerprint density at radius 2 is 1.80 bits per heavy atom. The molecule has 8 nitrogen and oxygen atoms in total. The van der Waals surface area contributed by atoms with Gasteiger partial charge >= 0.3 is 6.18 Å². The van der Waals surface area contributed by atoms with Crippen LogP contribution in [0.3, 0.4) is 0 Å². The minimum atomic E-state index is -4.50. The Hall–Kier alpha value is -4.22. The molecule has 40 heavy (non-hydrogen) atoms. The summed E-state index contributed by atoms with van der Waals surface area (Å²) in [5, 5.41) is 6.02. The molecule has 1 amide bonds. The van der Waals surface area contributed by atoms with Gasteiger partial charge < -0.3 is 20.4 Å². The van der Waals surface area contributed by atoms with Crippen LogP contribution in [0.1, 0.15) is 27.2 Å². The van der Waals surface area contributed by atoms with Gasteiger partial charge in [0.1, 0.15) is 17.2 Å². The molecule has 0 atom stereocenters. The molecule has 1 aliphatic heterocycles. The predicted octanol–water partition coefficient (Wildman–Crippen LogP) is 4.66. The number of piperazine rings is 1. The first-order valence-corrected chi connectivity index (χ1v) is 13.0. The number of carbonyl (C=O) groups is 1. The molecule has 0 spiro atoms. The lowest BCUT2D eigenvalue weighted by Crippen LogP contribution is -2.42. The number of aromatic nitrogens is 3. The van der Waals surface area contributed by atoms with E-state index in [-0.39, 0.29) is 12.1 Å². The number of nitrogens with zero attached hydrogens (tertiary/aromatic N) is 3. The molecule has 3 heterocycles. The van der Waals surface area contributed by atoms with Crippen LogP contribution in [0.5, 0.6) is 11.5 Å². The zero-order valence-electron chi connectivity index (χ0n) is 21.7. The van der Waals surface area contributed by atoms with Gasteiger partial charge in [0.05, 0.1) is 11.8 Å². The van der Waals surface area contributed by atoms with Gasteiger partial charge in [-0.3, -0.25) is 14.7 Å². The molecule has 0 unspecified atom stereocenters. The molecule has 0 bridgehead atoms. The van der Waals surface area contributed by atoms with Gasteiger partial charge in [0.25, 0.3) is 5.91 Å². The van der Waals surface area contributed by atoms with Crippen molar-refractivity contribution in [3.05, 3.63) is 95.4 Å². The van der Waals surface area contributed by atoms with Gasteiger partial charge in [-0.2, -0.15) is 13.2 Å². The molecule has 2 aromatic heterocycles. The summed E-state index contributed by atoms with van der Waals surface area (Å²) in [5.41, 5.74) is 1.70. The van der Waals surface area contributed by atoms with Crippen LogP contribution in [0.2, 0.25) is 0 Å². The number of H-pyrrole nitrogens is 1. The van der Waals surface area contributed by atoms with E-state index in [1.54, 1.807) is 12.3 Å². The number of nitrogens with one attached hydrogen (secondary N) is 3. The summed E-state index contributed by atoms with van der Waals surface area (Å²) >= 11 is 0. The second-order valence-electron chi connectivity index (χ2n) is 9.49. The fourth-order valence-corrected chi connectivity index (χ4v) is 4.44. The Kier molecular flexibility index (Phi) is 8.42. The van der Waals surface area contributed by atoms with Crippen LogP contribution in [-0.2, 0) is 19.1 Å². The molecule has 0 aliphatic carbocycles. The minimum Gasteiger partial charge on any atom is -0.457 e. The van der Waals surface area contributed by atoms with Crippen molar-refractivity contribution in [2.24, 2.45) is 0 Å². The fourth-order valence-electron chi connectivity index (χ4n) is 4.44. The van der Waals surface area contributed by atoms with E-state index in [0.717, 1.165) is 56.1 Å². The number of ether oxygens (including phenoxy) is 1. The summed E-state index contributed by atoms with van der Waals surface area (Å²) < 4.78 is 44.9. The van der Waals surface area contributed by atoms with E-state index in [2.05, 4.69) is 30.5 Å². The molecule has 1 saturated heterocycles. The van der Waals surface area contributed by atoms with Crippen molar-refractivity contribution >= 4 is 5.91 Å². The van der Waals surface area contributed by atoms with E-state index in [0.29, 0.717) is 29.4 Å². The molecule has 1 aliphatic rings. The highest BCUT2D eigenvalue weighted by molar-refractivity contribution is 5.94. The number of halogens is 3. The van der Waals surface area contributed by atoms with Crippen LogP contribution in [0, 0.1) is 0 Å². The standard InChI is InChI=1S/C29H29F3N6O2/c30-29(31,32)22-5-2-4-21(16-22)28(39)35-9-7-20-3-1-6-24(15-20)40-25-8-10-34-26(17-25)27-36-18-23(37-27)19-38-13-11-33-12-14-38/h1-6,8,10,15-18,33H,7,9,11-14,19H2,(H,35,39)(H,36,37). The monoisotopic (exact) mass is 550 g/mol. The maximum atomic E-state index is 12.9. The van der Waals surface area contributed by atoms with Crippen LogP contribution in [0.15, 0.2) is 73.1 Å². The largest absolute Gasteiger partial charge is 0.457 e. The summed E-state index contributed by atoms with van der Waals surface area (Å²) in [4.78, 5) is 27.0. The van der Waals surface area contributed by atoms with Crippen LogP contribution in [0.25, 0.3) is 11.5 Å². The van der Waals surface area contributed by atoms with Gasteiger partial charge in [-0.05, 0) is 48.4 Å². The second-order valence-corrected chi connectivity index (χ2v) is 9.49. The lowest BCUT2D eigenvalue weighted by Gasteiger charge is -2.26. The summed E-state index contributed by atoms with van der Waals surface area (Å²) in [6, 6.07) is 15.4. The van der Waals surface area contributed by atoms with Gasteiger partial charge in [-0.25, -0.2) is 4.98 Å². The van der Waals surface area contributed by atoms with Gasteiger partial charge in [0, 0.05) is 62.8 Å². The zero-order chi connectivity index (χ0) is 28.0. The first-order valence-electron chi connectivity index (χ1n) is 13.0. The van der Waals surface area contributed by atoms with Crippen molar-refractivity contribution < 1.29 is 22.7 Å². The van der Waals surface area contributed by atoms with Crippen molar-refractivity contribution in [1.82, 2.24) is 30.5 Å². The normalized spacial score (nSPS) is 14.2. The molecular formula is C29H29F3N6O2. The topological polar surface area (TPSA) is 95.2 Å². The number of hydrogen-bond donors (Lipinski definition) is 3. The lowest BCUT2D eigenvalue weighted by atomic mass is 10.1. The molecule has 208 valence electrons. The molecular weight excluding hydrogens is 521 g/mol. The van der Waals surface area contributed by atoms with Crippen LogP contribution >= 0.6 is 0 Å². The molecule has 11 heteroatoms. The smallest absolute Gasteiger partial charge is 0.416 e. The average Bonchev–Trinajstić information content (AvgIpc) is 3.42. The van der Waals surface area contributed by atoms with E-state index in [9.17, 15) is 18.0 Å². The second kappa shape index (κ2) is 12.3. The Bertz CT molecular complexity index is 1450. The van der Waals surface area contributed by atoms with E-state index < -0.39 is 17.6 Å². The maximum Gasteiger partial charge on any atom is 0.416 e.